The van der Waals surface area contributed by atoms with E-state index >= 15 is 0 Å². The number of nitrogens with two attached hydrogens (primary N) is 1. The average molecular weight is 388 g/mol. The Morgan fingerprint density at radius 1 is 1.11 bits per heavy atom. The van der Waals surface area contributed by atoms with Crippen LogP contribution in [0.25, 0.3) is 0 Å². The van der Waals surface area contributed by atoms with E-state index in [-0.39, 0.29) is 48.1 Å². The van der Waals surface area contributed by atoms with E-state index in [1.165, 1.54) is 17.0 Å². The molecular formula is C19H24N4O5. The highest BCUT2D eigenvalue weighted by Gasteiger charge is 2.15. The number of nitrogens with one attached hydrogen (secondary N) is 1. The molecule has 0 aliphatic heterocycles. The number of phenols is 1. The number of para-hydroxylation sites is 1. The van der Waals surface area contributed by atoms with Gasteiger partial charge < -0.3 is 26.3 Å². The molecule has 9 nitrogen and oxygen atoms in total. The molecule has 0 bridgehead atoms. The largest absolute Gasteiger partial charge is 0.508 e. The van der Waals surface area contributed by atoms with Crippen LogP contribution in [0.5, 0.6) is 5.75 Å². The van der Waals surface area contributed by atoms with Crippen molar-refractivity contribution in [2.45, 2.75) is 12.8 Å². The number of rotatable bonds is 9. The lowest BCUT2D eigenvalue weighted by Gasteiger charge is -2.22. The fraction of sp³-hybridized carbons (Fsp3) is 0.316. The number of carbonyl (C=O) groups excluding carboxylic acids is 2. The molecular weight excluding hydrogens is 364 g/mol. The van der Waals surface area contributed by atoms with Gasteiger partial charge >= 0.3 is 0 Å². The number of benzene rings is 1. The lowest BCUT2D eigenvalue weighted by Crippen LogP contribution is -2.41. The van der Waals surface area contributed by atoms with Gasteiger partial charge in [-0.05, 0) is 24.1 Å². The molecule has 0 aliphatic rings. The van der Waals surface area contributed by atoms with Gasteiger partial charge in [-0.15, -0.1) is 4.73 Å². The topological polar surface area (TPSA) is 138 Å². The highest BCUT2D eigenvalue weighted by Crippen LogP contribution is 2.17. The zero-order valence-corrected chi connectivity index (χ0v) is 15.4. The second-order valence-corrected chi connectivity index (χ2v) is 6.12. The summed E-state index contributed by atoms with van der Waals surface area (Å²) in [5.41, 5.74) is 5.35. The summed E-state index contributed by atoms with van der Waals surface area (Å²) < 4.78 is 0.268. The van der Waals surface area contributed by atoms with E-state index in [0.29, 0.717) is 18.5 Å². The second kappa shape index (κ2) is 10.1. The molecule has 0 fully saturated rings. The molecule has 9 heteroatoms. The van der Waals surface area contributed by atoms with Gasteiger partial charge in [-0.2, -0.15) is 0 Å². The van der Waals surface area contributed by atoms with E-state index in [1.54, 1.807) is 24.3 Å². The predicted molar refractivity (Wildman–Crippen MR) is 102 cm³/mol. The van der Waals surface area contributed by atoms with Crippen LogP contribution in [0.15, 0.2) is 47.3 Å². The molecule has 5 N–H and O–H groups in total. The summed E-state index contributed by atoms with van der Waals surface area (Å²) >= 11 is 0. The number of pyridine rings is 1. The number of hydrogen-bond donors (Lipinski definition) is 4. The van der Waals surface area contributed by atoms with Gasteiger partial charge in [0.15, 0.2) is 0 Å². The first-order valence-electron chi connectivity index (χ1n) is 8.88. The van der Waals surface area contributed by atoms with Crippen LogP contribution in [0, 0.1) is 0 Å². The van der Waals surface area contributed by atoms with Crippen molar-refractivity contribution in [1.29, 1.82) is 0 Å². The van der Waals surface area contributed by atoms with E-state index in [4.69, 9.17) is 5.73 Å². The molecule has 2 rings (SSSR count). The lowest BCUT2D eigenvalue weighted by atomic mass is 10.1. The molecule has 0 saturated carbocycles. The van der Waals surface area contributed by atoms with Gasteiger partial charge in [0, 0.05) is 38.7 Å². The van der Waals surface area contributed by atoms with E-state index in [9.17, 15) is 24.7 Å². The van der Waals surface area contributed by atoms with Gasteiger partial charge in [-0.3, -0.25) is 14.4 Å². The quantitative estimate of drug-likeness (QED) is 0.444. The third kappa shape index (κ3) is 5.58. The van der Waals surface area contributed by atoms with Crippen LogP contribution in [0.1, 0.15) is 22.5 Å². The zero-order chi connectivity index (χ0) is 20.5. The summed E-state index contributed by atoms with van der Waals surface area (Å²) in [5.74, 6) is -0.637. The Bertz CT molecular complexity index is 881. The minimum atomic E-state index is -0.711. The second-order valence-electron chi connectivity index (χ2n) is 6.12. The van der Waals surface area contributed by atoms with Gasteiger partial charge in [-0.25, -0.2) is 0 Å². The van der Waals surface area contributed by atoms with Gasteiger partial charge in [0.1, 0.15) is 11.4 Å². The summed E-state index contributed by atoms with van der Waals surface area (Å²) in [6.45, 7) is 0.950. The van der Waals surface area contributed by atoms with Crippen LogP contribution >= 0.6 is 0 Å². The highest BCUT2D eigenvalue weighted by molar-refractivity contribution is 5.92. The maximum absolute atomic E-state index is 12.5. The average Bonchev–Trinajstić information content (AvgIpc) is 2.68. The number of aromatic hydroxyl groups is 1. The van der Waals surface area contributed by atoms with Crippen LogP contribution in [-0.2, 0) is 11.2 Å². The molecule has 28 heavy (non-hydrogen) atoms. The van der Waals surface area contributed by atoms with Gasteiger partial charge in [0.25, 0.3) is 11.5 Å². The molecule has 0 atom stereocenters. The maximum Gasteiger partial charge on any atom is 0.283 e. The summed E-state index contributed by atoms with van der Waals surface area (Å²) in [6, 6.07) is 10.6. The molecule has 0 spiro atoms. The Hall–Kier alpha value is -3.33. The fourth-order valence-electron chi connectivity index (χ4n) is 2.69. The molecule has 1 aromatic heterocycles. The summed E-state index contributed by atoms with van der Waals surface area (Å²) in [6.07, 6.45) is 0.583. The van der Waals surface area contributed by atoms with Crippen molar-refractivity contribution >= 4 is 11.8 Å². The van der Waals surface area contributed by atoms with E-state index in [2.05, 4.69) is 5.32 Å². The van der Waals surface area contributed by atoms with E-state index in [1.807, 2.05) is 0 Å². The number of amides is 2. The minimum Gasteiger partial charge on any atom is -0.508 e. The number of hydrogen-bond acceptors (Lipinski definition) is 6. The number of aryl methyl sites for hydroxylation is 1. The molecule has 1 aromatic carbocycles. The zero-order valence-electron chi connectivity index (χ0n) is 15.4. The Morgan fingerprint density at radius 3 is 2.57 bits per heavy atom. The smallest absolute Gasteiger partial charge is 0.283 e. The minimum absolute atomic E-state index is 0.129. The molecule has 0 aliphatic carbocycles. The fourth-order valence-corrected chi connectivity index (χ4v) is 2.69. The Morgan fingerprint density at radius 2 is 1.86 bits per heavy atom. The number of nitrogens with zero attached hydrogens (tertiary/aromatic N) is 2. The molecule has 0 unspecified atom stereocenters. The van der Waals surface area contributed by atoms with Crippen LogP contribution in [0.2, 0.25) is 0 Å². The molecule has 0 saturated heterocycles. The first-order chi connectivity index (χ1) is 13.4. The maximum atomic E-state index is 12.5. The van der Waals surface area contributed by atoms with Gasteiger partial charge in [0.2, 0.25) is 5.91 Å². The summed E-state index contributed by atoms with van der Waals surface area (Å²) in [5, 5.41) is 21.9. The summed E-state index contributed by atoms with van der Waals surface area (Å²) in [7, 11) is 0. The first kappa shape index (κ1) is 21.0. The van der Waals surface area contributed by atoms with Crippen molar-refractivity contribution in [3.8, 4) is 5.75 Å². The first-order valence-corrected chi connectivity index (χ1v) is 8.88. The van der Waals surface area contributed by atoms with Crippen LogP contribution in [-0.4, -0.2) is 57.9 Å². The van der Waals surface area contributed by atoms with Crippen molar-refractivity contribution in [3.05, 3.63) is 64.1 Å². The Labute approximate surface area is 162 Å². The van der Waals surface area contributed by atoms with Gasteiger partial charge in [0.05, 0.1) is 0 Å². The lowest BCUT2D eigenvalue weighted by molar-refractivity contribution is -0.131. The number of carbonyl (C=O) groups is 2. The summed E-state index contributed by atoms with van der Waals surface area (Å²) in [4.78, 5) is 37.4. The third-order valence-electron chi connectivity index (χ3n) is 4.18. The molecule has 0 radical (unpaired) electrons. The van der Waals surface area contributed by atoms with Gasteiger partial charge in [-0.1, -0.05) is 24.3 Å². The van der Waals surface area contributed by atoms with Crippen molar-refractivity contribution in [3.63, 3.8) is 0 Å². The van der Waals surface area contributed by atoms with Crippen molar-refractivity contribution in [2.24, 2.45) is 5.73 Å². The molecule has 1 heterocycles. The molecule has 150 valence electrons. The normalized spacial score (nSPS) is 10.5. The van der Waals surface area contributed by atoms with Crippen molar-refractivity contribution < 1.29 is 19.9 Å². The highest BCUT2D eigenvalue weighted by atomic mass is 16.5. The van der Waals surface area contributed by atoms with Crippen LogP contribution < -0.4 is 16.6 Å². The Balaban J connectivity index is 1.88. The predicted octanol–water partition coefficient (Wildman–Crippen LogP) is -0.0589. The SMILES string of the molecule is NCCN(CCNC(=O)c1cccc(=O)n1O)C(=O)CCc1ccccc1O. The van der Waals surface area contributed by atoms with Crippen molar-refractivity contribution in [1.82, 2.24) is 14.9 Å². The number of phenolic OH excluding ortho intramolecular Hbond substituents is 1. The van der Waals surface area contributed by atoms with Crippen LogP contribution in [0.3, 0.4) is 0 Å². The standard InChI is InChI=1S/C19H24N4O5/c20-10-12-22(17(25)9-8-14-4-1-2-6-16(14)24)13-11-21-19(27)15-5-3-7-18(26)23(15)28/h1-7,24,28H,8-13,20H2,(H,21,27). The van der Waals surface area contributed by atoms with Crippen molar-refractivity contribution in [2.75, 3.05) is 26.2 Å². The van der Waals surface area contributed by atoms with E-state index < -0.39 is 11.5 Å². The number of aromatic nitrogens is 1. The molecule has 2 aromatic rings. The van der Waals surface area contributed by atoms with Crippen LogP contribution in [0.4, 0.5) is 0 Å². The third-order valence-corrected chi connectivity index (χ3v) is 4.18. The molecule has 2 amide bonds. The van der Waals surface area contributed by atoms with E-state index in [0.717, 1.165) is 6.07 Å². The monoisotopic (exact) mass is 388 g/mol. The Kier molecular flexibility index (Phi) is 7.58.